The van der Waals surface area contributed by atoms with Gasteiger partial charge in [-0.1, -0.05) is 6.92 Å². The number of carboxylic acids is 1. The van der Waals surface area contributed by atoms with Gasteiger partial charge in [0, 0.05) is 13.6 Å². The molecular formula is C14H23N3O2. The third-order valence-electron chi connectivity index (χ3n) is 4.24. The molecule has 1 atom stereocenters. The molecule has 1 aliphatic heterocycles. The summed E-state index contributed by atoms with van der Waals surface area (Å²) in [6.45, 7) is 5.42. The maximum Gasteiger partial charge on any atom is 0.323 e. The second-order valence-electron chi connectivity index (χ2n) is 5.56. The number of aryl methyl sites for hydroxylation is 2. The van der Waals surface area contributed by atoms with Crippen LogP contribution in [0.2, 0.25) is 0 Å². The Morgan fingerprint density at radius 1 is 1.53 bits per heavy atom. The van der Waals surface area contributed by atoms with Crippen molar-refractivity contribution >= 4 is 5.97 Å². The Hall–Kier alpha value is -1.36. The SMILES string of the molecule is CCc1cc(CN2CCCCC2(C)C(=O)O)n(C)n1. The first-order valence-corrected chi connectivity index (χ1v) is 6.97. The van der Waals surface area contributed by atoms with E-state index in [-0.39, 0.29) is 0 Å². The molecule has 2 rings (SSSR count). The number of likely N-dealkylation sites (tertiary alicyclic amines) is 1. The fraction of sp³-hybridized carbons (Fsp3) is 0.714. The Morgan fingerprint density at radius 2 is 2.26 bits per heavy atom. The molecule has 0 aliphatic carbocycles. The van der Waals surface area contributed by atoms with E-state index in [0.717, 1.165) is 43.6 Å². The van der Waals surface area contributed by atoms with Gasteiger partial charge in [0.1, 0.15) is 5.54 Å². The van der Waals surface area contributed by atoms with Crippen molar-refractivity contribution in [3.63, 3.8) is 0 Å². The lowest BCUT2D eigenvalue weighted by atomic mass is 9.88. The number of carboxylic acid groups (broad SMARTS) is 1. The number of hydrogen-bond donors (Lipinski definition) is 1. The smallest absolute Gasteiger partial charge is 0.323 e. The van der Waals surface area contributed by atoms with Crippen molar-refractivity contribution in [2.45, 2.75) is 51.6 Å². The fourth-order valence-corrected chi connectivity index (χ4v) is 2.76. The molecule has 0 aromatic carbocycles. The van der Waals surface area contributed by atoms with Crippen molar-refractivity contribution in [3.05, 3.63) is 17.5 Å². The van der Waals surface area contributed by atoms with Gasteiger partial charge in [0.2, 0.25) is 0 Å². The number of piperidine rings is 1. The van der Waals surface area contributed by atoms with Crippen LogP contribution < -0.4 is 0 Å². The van der Waals surface area contributed by atoms with E-state index < -0.39 is 11.5 Å². The molecule has 1 aromatic heterocycles. The van der Waals surface area contributed by atoms with Gasteiger partial charge in [0.05, 0.1) is 11.4 Å². The van der Waals surface area contributed by atoms with Crippen molar-refractivity contribution < 1.29 is 9.90 Å². The van der Waals surface area contributed by atoms with Gasteiger partial charge in [0.25, 0.3) is 0 Å². The lowest BCUT2D eigenvalue weighted by molar-refractivity contribution is -0.153. The summed E-state index contributed by atoms with van der Waals surface area (Å²) in [6, 6.07) is 2.08. The Morgan fingerprint density at radius 3 is 2.84 bits per heavy atom. The monoisotopic (exact) mass is 265 g/mol. The molecule has 1 saturated heterocycles. The second kappa shape index (κ2) is 5.33. The van der Waals surface area contributed by atoms with Crippen LogP contribution in [0.1, 0.15) is 44.5 Å². The van der Waals surface area contributed by atoms with Crippen molar-refractivity contribution in [3.8, 4) is 0 Å². The van der Waals surface area contributed by atoms with E-state index in [4.69, 9.17) is 0 Å². The Balaban J connectivity index is 2.19. The first-order chi connectivity index (χ1) is 8.97. The minimum atomic E-state index is -0.741. The van der Waals surface area contributed by atoms with Crippen LogP contribution in [-0.4, -0.2) is 37.8 Å². The standard InChI is InChI=1S/C14H23N3O2/c1-4-11-9-12(16(3)15-11)10-17-8-6-5-7-14(17,2)13(18)19/h9H,4-8,10H2,1-3H3,(H,18,19). The largest absolute Gasteiger partial charge is 0.480 e. The molecule has 0 spiro atoms. The van der Waals surface area contributed by atoms with Gasteiger partial charge in [0.15, 0.2) is 0 Å². The van der Waals surface area contributed by atoms with Crippen LogP contribution in [-0.2, 0) is 24.8 Å². The predicted octanol–water partition coefficient (Wildman–Crippen LogP) is 1.81. The third-order valence-corrected chi connectivity index (χ3v) is 4.24. The van der Waals surface area contributed by atoms with Crippen molar-refractivity contribution in [1.29, 1.82) is 0 Å². The fourth-order valence-electron chi connectivity index (χ4n) is 2.76. The van der Waals surface area contributed by atoms with Crippen molar-refractivity contribution in [2.24, 2.45) is 7.05 Å². The van der Waals surface area contributed by atoms with Crippen LogP contribution in [0, 0.1) is 0 Å². The molecule has 1 aliphatic rings. The van der Waals surface area contributed by atoms with E-state index in [1.54, 1.807) is 0 Å². The first-order valence-electron chi connectivity index (χ1n) is 6.97. The minimum Gasteiger partial charge on any atom is -0.480 e. The predicted molar refractivity (Wildman–Crippen MR) is 72.9 cm³/mol. The molecule has 0 saturated carbocycles. The summed E-state index contributed by atoms with van der Waals surface area (Å²) in [5.41, 5.74) is 1.41. The number of hydrogen-bond acceptors (Lipinski definition) is 3. The summed E-state index contributed by atoms with van der Waals surface area (Å²) < 4.78 is 1.87. The highest BCUT2D eigenvalue weighted by Crippen LogP contribution is 2.29. The van der Waals surface area contributed by atoms with Gasteiger partial charge in [-0.25, -0.2) is 0 Å². The third kappa shape index (κ3) is 2.66. The second-order valence-corrected chi connectivity index (χ2v) is 5.56. The number of aliphatic carboxylic acids is 1. The Kier molecular flexibility index (Phi) is 3.94. The zero-order valence-electron chi connectivity index (χ0n) is 12.0. The average Bonchev–Trinajstić information content (AvgIpc) is 2.73. The van der Waals surface area contributed by atoms with Crippen LogP contribution in [0.25, 0.3) is 0 Å². The van der Waals surface area contributed by atoms with Crippen molar-refractivity contribution in [2.75, 3.05) is 6.54 Å². The number of aromatic nitrogens is 2. The van der Waals surface area contributed by atoms with Crippen LogP contribution in [0.5, 0.6) is 0 Å². The topological polar surface area (TPSA) is 58.4 Å². The van der Waals surface area contributed by atoms with E-state index in [2.05, 4.69) is 23.0 Å². The number of nitrogens with zero attached hydrogens (tertiary/aromatic N) is 3. The number of carbonyl (C=O) groups is 1. The molecule has 0 bridgehead atoms. The summed E-state index contributed by atoms with van der Waals surface area (Å²) in [6.07, 6.45) is 3.69. The van der Waals surface area contributed by atoms with Crippen molar-refractivity contribution in [1.82, 2.24) is 14.7 Å². The molecule has 5 nitrogen and oxygen atoms in total. The average molecular weight is 265 g/mol. The Bertz CT molecular complexity index is 469. The zero-order valence-corrected chi connectivity index (χ0v) is 12.0. The summed E-state index contributed by atoms with van der Waals surface area (Å²) in [5.74, 6) is -0.718. The summed E-state index contributed by atoms with van der Waals surface area (Å²) in [5, 5.41) is 13.9. The normalized spacial score (nSPS) is 24.6. The maximum atomic E-state index is 11.6. The maximum absolute atomic E-state index is 11.6. The highest BCUT2D eigenvalue weighted by atomic mass is 16.4. The highest BCUT2D eigenvalue weighted by Gasteiger charge is 2.41. The molecule has 1 unspecified atom stereocenters. The highest BCUT2D eigenvalue weighted by molar-refractivity contribution is 5.78. The number of rotatable bonds is 4. The molecule has 1 aromatic rings. The van der Waals surface area contributed by atoms with Gasteiger partial charge in [-0.15, -0.1) is 0 Å². The molecule has 19 heavy (non-hydrogen) atoms. The van der Waals surface area contributed by atoms with Gasteiger partial charge in [-0.05, 0) is 45.2 Å². The summed E-state index contributed by atoms with van der Waals surface area (Å²) in [7, 11) is 1.93. The molecule has 0 amide bonds. The van der Waals surface area contributed by atoms with Gasteiger partial charge in [-0.3, -0.25) is 14.4 Å². The summed E-state index contributed by atoms with van der Waals surface area (Å²) >= 11 is 0. The minimum absolute atomic E-state index is 0.659. The van der Waals surface area contributed by atoms with Gasteiger partial charge < -0.3 is 5.11 Å². The van der Waals surface area contributed by atoms with Gasteiger partial charge >= 0.3 is 5.97 Å². The molecule has 5 heteroatoms. The van der Waals surface area contributed by atoms with E-state index in [1.807, 2.05) is 18.7 Å². The molecule has 2 heterocycles. The lowest BCUT2D eigenvalue weighted by Gasteiger charge is -2.41. The molecule has 0 radical (unpaired) electrons. The van der Waals surface area contributed by atoms with E-state index in [1.165, 1.54) is 0 Å². The molecule has 1 fully saturated rings. The molecule has 1 N–H and O–H groups in total. The van der Waals surface area contributed by atoms with Gasteiger partial charge in [-0.2, -0.15) is 5.10 Å². The van der Waals surface area contributed by atoms with E-state index in [0.29, 0.717) is 6.54 Å². The van der Waals surface area contributed by atoms with Crippen LogP contribution >= 0.6 is 0 Å². The van der Waals surface area contributed by atoms with Crippen LogP contribution in [0.15, 0.2) is 6.07 Å². The molecule has 106 valence electrons. The van der Waals surface area contributed by atoms with Crippen LogP contribution in [0.3, 0.4) is 0 Å². The van der Waals surface area contributed by atoms with Crippen LogP contribution in [0.4, 0.5) is 0 Å². The first kappa shape index (κ1) is 14.1. The lowest BCUT2D eigenvalue weighted by Crippen LogP contribution is -2.54. The zero-order chi connectivity index (χ0) is 14.0. The van der Waals surface area contributed by atoms with E-state index in [9.17, 15) is 9.90 Å². The summed E-state index contributed by atoms with van der Waals surface area (Å²) in [4.78, 5) is 13.6. The molecular weight excluding hydrogens is 242 g/mol. The quantitative estimate of drug-likeness (QED) is 0.902. The van der Waals surface area contributed by atoms with E-state index >= 15 is 0 Å². The Labute approximate surface area is 114 Å².